The minimum atomic E-state index is -0.701. The normalized spacial score (nSPS) is 19.3. The van der Waals surface area contributed by atoms with Crippen molar-refractivity contribution in [2.24, 2.45) is 0 Å². The van der Waals surface area contributed by atoms with Crippen LogP contribution in [0.5, 0.6) is 0 Å². The van der Waals surface area contributed by atoms with Gasteiger partial charge < -0.3 is 14.0 Å². The van der Waals surface area contributed by atoms with E-state index in [2.05, 4.69) is 0 Å². The predicted octanol–water partition coefficient (Wildman–Crippen LogP) is 3.13. The van der Waals surface area contributed by atoms with Gasteiger partial charge in [-0.05, 0) is 45.2 Å². The molecular formula is C16H18BFO4S. The number of hydrogen-bond acceptors (Lipinski definition) is 5. The summed E-state index contributed by atoms with van der Waals surface area (Å²) in [5.74, 6) is -0.827. The standard InChI is InChI=1S/C16H18BFO4S/c1-15(2)16(3,4)22-17(21-15)12-10-7-6-9(18)8-11(10)23-13(12)14(19)20-5/h6-8H,1-5H3. The summed E-state index contributed by atoms with van der Waals surface area (Å²) in [5, 5.41) is 0.746. The molecular weight excluding hydrogens is 318 g/mol. The molecule has 0 amide bonds. The molecule has 0 N–H and O–H groups in total. The Hall–Kier alpha value is -1.44. The summed E-state index contributed by atoms with van der Waals surface area (Å²) >= 11 is 1.18. The van der Waals surface area contributed by atoms with Gasteiger partial charge in [-0.2, -0.15) is 0 Å². The van der Waals surface area contributed by atoms with Gasteiger partial charge in [-0.25, -0.2) is 9.18 Å². The van der Waals surface area contributed by atoms with Gasteiger partial charge in [0.1, 0.15) is 10.7 Å². The van der Waals surface area contributed by atoms with E-state index in [9.17, 15) is 9.18 Å². The van der Waals surface area contributed by atoms with E-state index in [0.717, 1.165) is 5.39 Å². The number of carbonyl (C=O) groups excluding carboxylic acids is 1. The highest BCUT2D eigenvalue weighted by Gasteiger charge is 2.53. The second kappa shape index (κ2) is 5.29. The molecule has 122 valence electrons. The van der Waals surface area contributed by atoms with Crippen LogP contribution in [0, 0.1) is 5.82 Å². The number of fused-ring (bicyclic) bond motifs is 1. The molecule has 0 radical (unpaired) electrons. The molecule has 2 aromatic rings. The van der Waals surface area contributed by atoms with Gasteiger partial charge in [0.2, 0.25) is 0 Å². The van der Waals surface area contributed by atoms with Gasteiger partial charge in [0.05, 0.1) is 18.3 Å². The lowest BCUT2D eigenvalue weighted by Gasteiger charge is -2.32. The van der Waals surface area contributed by atoms with E-state index in [1.54, 1.807) is 6.07 Å². The average molecular weight is 336 g/mol. The number of thiophene rings is 1. The van der Waals surface area contributed by atoms with Crippen molar-refractivity contribution in [3.05, 3.63) is 28.9 Å². The second-order valence-electron chi connectivity index (χ2n) is 6.57. The molecule has 1 fully saturated rings. The number of ether oxygens (including phenoxy) is 1. The van der Waals surface area contributed by atoms with Crippen molar-refractivity contribution in [2.45, 2.75) is 38.9 Å². The highest BCUT2D eigenvalue weighted by atomic mass is 32.1. The lowest BCUT2D eigenvalue weighted by atomic mass is 9.77. The number of esters is 1. The van der Waals surface area contributed by atoms with Gasteiger partial charge in [0.15, 0.2) is 0 Å². The molecule has 1 aromatic carbocycles. The molecule has 4 nitrogen and oxygen atoms in total. The summed E-state index contributed by atoms with van der Waals surface area (Å²) in [6, 6.07) is 4.42. The van der Waals surface area contributed by atoms with Crippen molar-refractivity contribution in [1.82, 2.24) is 0 Å². The van der Waals surface area contributed by atoms with E-state index in [1.807, 2.05) is 27.7 Å². The summed E-state index contributed by atoms with van der Waals surface area (Å²) in [4.78, 5) is 12.5. The van der Waals surface area contributed by atoms with E-state index in [0.29, 0.717) is 15.0 Å². The zero-order chi connectivity index (χ0) is 17.0. The number of carbonyl (C=O) groups is 1. The average Bonchev–Trinajstić information content (AvgIpc) is 2.92. The number of rotatable bonds is 2. The van der Waals surface area contributed by atoms with Crippen molar-refractivity contribution in [1.29, 1.82) is 0 Å². The maximum atomic E-state index is 13.5. The summed E-state index contributed by atoms with van der Waals surface area (Å²) in [7, 11) is 0.620. The summed E-state index contributed by atoms with van der Waals surface area (Å²) in [6.07, 6.45) is 0. The van der Waals surface area contributed by atoms with Crippen LogP contribution in [0.2, 0.25) is 0 Å². The molecule has 1 aliphatic rings. The van der Waals surface area contributed by atoms with Gasteiger partial charge >= 0.3 is 13.1 Å². The third kappa shape index (κ3) is 2.57. The Bertz CT molecular complexity index is 768. The van der Waals surface area contributed by atoms with Crippen LogP contribution in [-0.4, -0.2) is 31.4 Å². The van der Waals surface area contributed by atoms with Crippen LogP contribution in [0.25, 0.3) is 10.1 Å². The van der Waals surface area contributed by atoms with E-state index >= 15 is 0 Å². The first-order valence-corrected chi connectivity index (χ1v) is 8.14. The summed E-state index contributed by atoms with van der Waals surface area (Å²) in [6.45, 7) is 7.77. The van der Waals surface area contributed by atoms with Crippen LogP contribution in [0.3, 0.4) is 0 Å². The lowest BCUT2D eigenvalue weighted by molar-refractivity contribution is 0.00578. The van der Waals surface area contributed by atoms with Gasteiger partial charge in [-0.3, -0.25) is 0 Å². The minimum Gasteiger partial charge on any atom is -0.465 e. The van der Waals surface area contributed by atoms with Gasteiger partial charge in [0.25, 0.3) is 0 Å². The molecule has 2 heterocycles. The van der Waals surface area contributed by atoms with E-state index in [1.165, 1.54) is 30.6 Å². The van der Waals surface area contributed by atoms with Crippen molar-refractivity contribution in [2.75, 3.05) is 7.11 Å². The largest absolute Gasteiger partial charge is 0.497 e. The van der Waals surface area contributed by atoms with Gasteiger partial charge in [-0.15, -0.1) is 11.3 Å². The first kappa shape index (κ1) is 16.4. The fraction of sp³-hybridized carbons (Fsp3) is 0.438. The van der Waals surface area contributed by atoms with Crippen molar-refractivity contribution in [3.63, 3.8) is 0 Å². The zero-order valence-electron chi connectivity index (χ0n) is 13.7. The van der Waals surface area contributed by atoms with Crippen LogP contribution in [0.1, 0.15) is 37.4 Å². The third-order valence-corrected chi connectivity index (χ3v) is 5.70. The first-order valence-electron chi connectivity index (χ1n) is 7.32. The number of halogens is 1. The molecule has 1 aliphatic heterocycles. The van der Waals surface area contributed by atoms with Crippen molar-refractivity contribution in [3.8, 4) is 0 Å². The fourth-order valence-corrected chi connectivity index (χ4v) is 3.69. The monoisotopic (exact) mass is 336 g/mol. The lowest BCUT2D eigenvalue weighted by Crippen LogP contribution is -2.41. The maximum absolute atomic E-state index is 13.5. The molecule has 0 spiro atoms. The summed E-state index contributed by atoms with van der Waals surface area (Å²) < 4.78 is 31.2. The number of benzene rings is 1. The predicted molar refractivity (Wildman–Crippen MR) is 88.8 cm³/mol. The molecule has 7 heteroatoms. The molecule has 0 atom stereocenters. The topological polar surface area (TPSA) is 44.8 Å². The smallest absolute Gasteiger partial charge is 0.465 e. The van der Waals surface area contributed by atoms with Crippen LogP contribution >= 0.6 is 11.3 Å². The van der Waals surface area contributed by atoms with E-state index in [4.69, 9.17) is 14.0 Å². The first-order chi connectivity index (χ1) is 10.7. The Labute approximate surface area is 138 Å². The van der Waals surface area contributed by atoms with E-state index < -0.39 is 24.3 Å². The van der Waals surface area contributed by atoms with Crippen LogP contribution in [-0.2, 0) is 14.0 Å². The molecule has 1 saturated heterocycles. The highest BCUT2D eigenvalue weighted by molar-refractivity contribution is 7.22. The zero-order valence-corrected chi connectivity index (χ0v) is 14.5. The van der Waals surface area contributed by atoms with Crippen LogP contribution in [0.15, 0.2) is 18.2 Å². The Morgan fingerprint density at radius 3 is 2.39 bits per heavy atom. The quantitative estimate of drug-likeness (QED) is 0.624. The molecule has 23 heavy (non-hydrogen) atoms. The van der Waals surface area contributed by atoms with Crippen molar-refractivity contribution >= 4 is 40.0 Å². The fourth-order valence-electron chi connectivity index (χ4n) is 2.53. The Morgan fingerprint density at radius 1 is 1.22 bits per heavy atom. The van der Waals surface area contributed by atoms with Gasteiger partial charge in [0, 0.05) is 10.2 Å². The van der Waals surface area contributed by atoms with Crippen LogP contribution < -0.4 is 5.46 Å². The van der Waals surface area contributed by atoms with Crippen molar-refractivity contribution < 1.29 is 23.2 Å². The number of methoxy groups -OCH3 is 1. The third-order valence-electron chi connectivity index (χ3n) is 4.55. The van der Waals surface area contributed by atoms with Gasteiger partial charge in [-0.1, -0.05) is 6.07 Å². The Balaban J connectivity index is 2.18. The maximum Gasteiger partial charge on any atom is 0.497 e. The minimum absolute atomic E-state index is 0.351. The molecule has 0 aliphatic carbocycles. The molecule has 1 aromatic heterocycles. The SMILES string of the molecule is COC(=O)c1sc2cc(F)ccc2c1B1OC(C)(C)C(C)(C)O1. The number of hydrogen-bond donors (Lipinski definition) is 0. The molecule has 0 unspecified atom stereocenters. The Morgan fingerprint density at radius 2 is 1.83 bits per heavy atom. The molecule has 0 bridgehead atoms. The Kier molecular flexibility index (Phi) is 3.78. The molecule has 0 saturated carbocycles. The van der Waals surface area contributed by atoms with Crippen LogP contribution in [0.4, 0.5) is 4.39 Å². The molecule has 3 rings (SSSR count). The highest BCUT2D eigenvalue weighted by Crippen LogP contribution is 2.38. The second-order valence-corrected chi connectivity index (χ2v) is 7.62. The summed E-state index contributed by atoms with van der Waals surface area (Å²) in [5.41, 5.74) is -0.450. The van der Waals surface area contributed by atoms with E-state index in [-0.39, 0.29) is 5.82 Å².